The van der Waals surface area contributed by atoms with Crippen LogP contribution in [0.25, 0.3) is 0 Å². The third kappa shape index (κ3) is 4.93. The van der Waals surface area contributed by atoms with Gasteiger partial charge in [0.25, 0.3) is 0 Å². The number of aromatic nitrogens is 3. The fourth-order valence-corrected chi connectivity index (χ4v) is 4.66. The molecule has 7 nitrogen and oxygen atoms in total. The van der Waals surface area contributed by atoms with Gasteiger partial charge < -0.3 is 19.9 Å². The fraction of sp³-hybridized carbons (Fsp3) is 0.842. The quantitative estimate of drug-likeness (QED) is 0.349. The van der Waals surface area contributed by atoms with E-state index in [-0.39, 0.29) is 24.0 Å². The second kappa shape index (κ2) is 10.6. The molecular formula is C19H35IN6O. The van der Waals surface area contributed by atoms with Gasteiger partial charge in [-0.1, -0.05) is 26.2 Å². The summed E-state index contributed by atoms with van der Waals surface area (Å²) in [6.45, 7) is 6.66. The highest BCUT2D eigenvalue weighted by Crippen LogP contribution is 2.53. The van der Waals surface area contributed by atoms with E-state index in [4.69, 9.17) is 4.74 Å². The highest BCUT2D eigenvalue weighted by Gasteiger charge is 2.55. The molecule has 8 heteroatoms. The van der Waals surface area contributed by atoms with Crippen molar-refractivity contribution in [1.82, 2.24) is 25.4 Å². The molecule has 2 N–H and O–H groups in total. The normalized spacial score (nSPS) is 24.2. The van der Waals surface area contributed by atoms with Crippen molar-refractivity contribution in [3.63, 3.8) is 0 Å². The van der Waals surface area contributed by atoms with Gasteiger partial charge in [0.15, 0.2) is 5.96 Å². The molecule has 2 atom stereocenters. The van der Waals surface area contributed by atoms with E-state index < -0.39 is 0 Å². The van der Waals surface area contributed by atoms with E-state index in [1.54, 1.807) is 6.33 Å². The van der Waals surface area contributed by atoms with Crippen molar-refractivity contribution < 1.29 is 4.74 Å². The standard InChI is InChI=1S/C19H34N6O.HI/c1-4-17-24-22-14-25(17)12-11-21-18(20-3)23-15-13-16(26-5-2)19(15)9-7-6-8-10-19;/h14-16H,4-13H2,1-3H3,(H2,20,21,23);1H. The van der Waals surface area contributed by atoms with E-state index in [9.17, 15) is 0 Å². The molecule has 1 heterocycles. The Hall–Kier alpha value is -0.900. The minimum atomic E-state index is 0. The number of ether oxygens (including phenoxy) is 1. The van der Waals surface area contributed by atoms with Crippen LogP contribution < -0.4 is 10.6 Å². The average Bonchev–Trinajstić information content (AvgIpc) is 3.14. The molecule has 2 aliphatic carbocycles. The number of hydrogen-bond acceptors (Lipinski definition) is 4. The lowest BCUT2D eigenvalue weighted by Gasteiger charge is -2.57. The van der Waals surface area contributed by atoms with E-state index in [1.165, 1.54) is 32.1 Å². The van der Waals surface area contributed by atoms with Gasteiger partial charge in [0, 0.05) is 44.6 Å². The van der Waals surface area contributed by atoms with Crippen LogP contribution in [0.15, 0.2) is 11.3 Å². The van der Waals surface area contributed by atoms with Gasteiger partial charge in [0.05, 0.1) is 6.10 Å². The summed E-state index contributed by atoms with van der Waals surface area (Å²) in [5, 5.41) is 15.2. The van der Waals surface area contributed by atoms with Crippen molar-refractivity contribution in [3.05, 3.63) is 12.2 Å². The molecule has 2 unspecified atom stereocenters. The lowest BCUT2D eigenvalue weighted by molar-refractivity contribution is -0.145. The summed E-state index contributed by atoms with van der Waals surface area (Å²) in [4.78, 5) is 4.43. The molecule has 2 saturated carbocycles. The highest BCUT2D eigenvalue weighted by atomic mass is 127. The largest absolute Gasteiger partial charge is 0.378 e. The van der Waals surface area contributed by atoms with E-state index in [1.807, 2.05) is 7.05 Å². The molecule has 1 spiro atoms. The molecule has 0 amide bonds. The second-order valence-corrected chi connectivity index (χ2v) is 7.46. The fourth-order valence-electron chi connectivity index (χ4n) is 4.66. The lowest BCUT2D eigenvalue weighted by Crippen LogP contribution is -2.66. The van der Waals surface area contributed by atoms with Gasteiger partial charge in [-0.25, -0.2) is 0 Å². The summed E-state index contributed by atoms with van der Waals surface area (Å²) < 4.78 is 8.15. The first-order valence-corrected chi connectivity index (χ1v) is 10.2. The van der Waals surface area contributed by atoms with Gasteiger partial charge in [0.2, 0.25) is 0 Å². The van der Waals surface area contributed by atoms with E-state index in [2.05, 4.69) is 44.2 Å². The van der Waals surface area contributed by atoms with Crippen LogP contribution >= 0.6 is 24.0 Å². The monoisotopic (exact) mass is 490 g/mol. The summed E-state index contributed by atoms with van der Waals surface area (Å²) in [5.41, 5.74) is 0.301. The van der Waals surface area contributed by atoms with Gasteiger partial charge in [-0.2, -0.15) is 0 Å². The van der Waals surface area contributed by atoms with Crippen LogP contribution in [0.1, 0.15) is 58.2 Å². The maximum atomic E-state index is 6.05. The number of halogens is 1. The van der Waals surface area contributed by atoms with Crippen molar-refractivity contribution in [2.24, 2.45) is 10.4 Å². The number of aryl methyl sites for hydroxylation is 1. The Kier molecular flexibility index (Phi) is 8.78. The Morgan fingerprint density at radius 2 is 2.11 bits per heavy atom. The Bertz CT molecular complexity index is 599. The van der Waals surface area contributed by atoms with Crippen LogP contribution in [0, 0.1) is 5.41 Å². The van der Waals surface area contributed by atoms with E-state index in [0.29, 0.717) is 17.6 Å². The van der Waals surface area contributed by atoms with Crippen LogP contribution in [0.5, 0.6) is 0 Å². The number of aliphatic imine (C=N–C) groups is 1. The highest BCUT2D eigenvalue weighted by molar-refractivity contribution is 14.0. The van der Waals surface area contributed by atoms with Crippen molar-refractivity contribution >= 4 is 29.9 Å². The minimum absolute atomic E-state index is 0. The predicted molar refractivity (Wildman–Crippen MR) is 119 cm³/mol. The second-order valence-electron chi connectivity index (χ2n) is 7.46. The summed E-state index contributed by atoms with van der Waals surface area (Å²) in [7, 11) is 1.85. The molecule has 0 aromatic carbocycles. The first-order valence-electron chi connectivity index (χ1n) is 10.2. The van der Waals surface area contributed by atoms with Gasteiger partial charge in [-0.05, 0) is 26.2 Å². The first-order chi connectivity index (χ1) is 12.7. The zero-order valence-electron chi connectivity index (χ0n) is 16.9. The first kappa shape index (κ1) is 22.4. The molecule has 154 valence electrons. The van der Waals surface area contributed by atoms with Crippen molar-refractivity contribution in [2.45, 2.75) is 77.5 Å². The third-order valence-electron chi connectivity index (χ3n) is 6.13. The number of hydrogen-bond donors (Lipinski definition) is 2. The molecule has 2 aliphatic rings. The lowest BCUT2D eigenvalue weighted by atomic mass is 9.55. The SMILES string of the molecule is CCOC1CC(NC(=NC)NCCn2cnnc2CC)C12CCCCC2.I. The third-order valence-corrected chi connectivity index (χ3v) is 6.13. The van der Waals surface area contributed by atoms with Gasteiger partial charge in [-0.3, -0.25) is 4.99 Å². The van der Waals surface area contributed by atoms with E-state index in [0.717, 1.165) is 44.3 Å². The maximum Gasteiger partial charge on any atom is 0.191 e. The van der Waals surface area contributed by atoms with Crippen LogP contribution in [-0.4, -0.2) is 53.1 Å². The Morgan fingerprint density at radius 3 is 2.78 bits per heavy atom. The van der Waals surface area contributed by atoms with Crippen molar-refractivity contribution in [1.29, 1.82) is 0 Å². The maximum absolute atomic E-state index is 6.05. The number of nitrogens with zero attached hydrogens (tertiary/aromatic N) is 4. The van der Waals surface area contributed by atoms with Gasteiger partial charge in [-0.15, -0.1) is 34.2 Å². The van der Waals surface area contributed by atoms with Crippen LogP contribution in [-0.2, 0) is 17.7 Å². The number of guanidine groups is 1. The summed E-state index contributed by atoms with van der Waals surface area (Å²) in [6, 6.07) is 0.465. The Labute approximate surface area is 180 Å². The average molecular weight is 490 g/mol. The molecule has 0 radical (unpaired) electrons. The van der Waals surface area contributed by atoms with Gasteiger partial charge >= 0.3 is 0 Å². The van der Waals surface area contributed by atoms with Crippen molar-refractivity contribution in [3.8, 4) is 0 Å². The topological polar surface area (TPSA) is 76.4 Å². The number of nitrogens with one attached hydrogen (secondary N) is 2. The summed E-state index contributed by atoms with van der Waals surface area (Å²) in [6.07, 6.45) is 10.7. The van der Waals surface area contributed by atoms with Crippen LogP contribution in [0.3, 0.4) is 0 Å². The minimum Gasteiger partial charge on any atom is -0.378 e. The molecule has 2 fully saturated rings. The zero-order chi connectivity index (χ0) is 18.4. The zero-order valence-corrected chi connectivity index (χ0v) is 19.2. The van der Waals surface area contributed by atoms with Crippen molar-refractivity contribution in [2.75, 3.05) is 20.2 Å². The van der Waals surface area contributed by atoms with E-state index >= 15 is 0 Å². The molecule has 27 heavy (non-hydrogen) atoms. The molecule has 1 aromatic heterocycles. The summed E-state index contributed by atoms with van der Waals surface area (Å²) >= 11 is 0. The molecule has 0 saturated heterocycles. The number of rotatable bonds is 7. The Balaban J connectivity index is 0.00000261. The molecule has 0 aliphatic heterocycles. The molecular weight excluding hydrogens is 455 g/mol. The molecule has 1 aromatic rings. The molecule has 0 bridgehead atoms. The predicted octanol–water partition coefficient (Wildman–Crippen LogP) is 2.75. The Morgan fingerprint density at radius 1 is 1.33 bits per heavy atom. The van der Waals surface area contributed by atoms with Crippen LogP contribution in [0.4, 0.5) is 0 Å². The summed E-state index contributed by atoms with van der Waals surface area (Å²) in [5.74, 6) is 1.91. The molecule has 3 rings (SSSR count). The van der Waals surface area contributed by atoms with Crippen LogP contribution in [0.2, 0.25) is 0 Å². The van der Waals surface area contributed by atoms with Gasteiger partial charge in [0.1, 0.15) is 12.2 Å². The smallest absolute Gasteiger partial charge is 0.191 e.